The van der Waals surface area contributed by atoms with Gasteiger partial charge in [0.05, 0.1) is 12.7 Å². The lowest BCUT2D eigenvalue weighted by molar-refractivity contribution is -0.143. The molecule has 0 radical (unpaired) electrons. The minimum Gasteiger partial charge on any atom is -0.466 e. The maximum absolute atomic E-state index is 11.7. The van der Waals surface area contributed by atoms with E-state index >= 15 is 0 Å². The molecule has 0 aromatic carbocycles. The fourth-order valence-corrected chi connectivity index (χ4v) is 4.16. The highest BCUT2D eigenvalue weighted by Gasteiger charge is 2.05. The molecular weight excluding hydrogens is 384 g/mol. The molecule has 186 valence electrons. The molecule has 0 aromatic heterocycles. The molecule has 3 heteroatoms. The van der Waals surface area contributed by atoms with Gasteiger partial charge >= 0.3 is 5.97 Å². The summed E-state index contributed by atoms with van der Waals surface area (Å²) >= 11 is 0. The molecule has 0 aromatic rings. The molecule has 0 bridgehead atoms. The van der Waals surface area contributed by atoms with Gasteiger partial charge in [0.2, 0.25) is 0 Å². The van der Waals surface area contributed by atoms with Gasteiger partial charge in [-0.2, -0.15) is 0 Å². The van der Waals surface area contributed by atoms with Gasteiger partial charge in [0.15, 0.2) is 0 Å². The zero-order valence-corrected chi connectivity index (χ0v) is 21.3. The van der Waals surface area contributed by atoms with Crippen LogP contribution in [0.3, 0.4) is 0 Å². The van der Waals surface area contributed by atoms with E-state index in [-0.39, 0.29) is 12.1 Å². The van der Waals surface area contributed by atoms with Crippen LogP contribution in [0.4, 0.5) is 0 Å². The summed E-state index contributed by atoms with van der Waals surface area (Å²) in [6, 6.07) is 0. The van der Waals surface area contributed by atoms with Crippen LogP contribution >= 0.6 is 0 Å². The van der Waals surface area contributed by atoms with Crippen LogP contribution in [0.15, 0.2) is 0 Å². The first kappa shape index (κ1) is 30.4. The van der Waals surface area contributed by atoms with Crippen LogP contribution in [0.2, 0.25) is 0 Å². The fraction of sp³-hybridized carbons (Fsp3) is 0.964. The molecule has 0 fully saturated rings. The SMILES string of the molecule is CCCCCCCCCCC[C@H](O)CCCCCCOC(=O)CCCCCCCCC. The minimum atomic E-state index is -0.121. The second-order valence-corrected chi connectivity index (χ2v) is 9.57. The Morgan fingerprint density at radius 1 is 0.581 bits per heavy atom. The zero-order valence-electron chi connectivity index (χ0n) is 21.3. The summed E-state index contributed by atoms with van der Waals surface area (Å²) in [5, 5.41) is 10.1. The lowest BCUT2D eigenvalue weighted by Crippen LogP contribution is -2.07. The number of hydrogen-bond acceptors (Lipinski definition) is 3. The molecule has 0 rings (SSSR count). The second kappa shape index (κ2) is 25.7. The Bertz CT molecular complexity index is 356. The van der Waals surface area contributed by atoms with Crippen molar-refractivity contribution < 1.29 is 14.6 Å². The Kier molecular flexibility index (Phi) is 25.2. The number of aliphatic hydroxyl groups excluding tert-OH is 1. The van der Waals surface area contributed by atoms with Gasteiger partial charge in [-0.25, -0.2) is 0 Å². The summed E-state index contributed by atoms with van der Waals surface area (Å²) in [7, 11) is 0. The summed E-state index contributed by atoms with van der Waals surface area (Å²) in [6.45, 7) is 5.07. The molecular formula is C28H56O3. The molecule has 1 N–H and O–H groups in total. The molecule has 0 saturated heterocycles. The second-order valence-electron chi connectivity index (χ2n) is 9.57. The molecule has 0 saturated carbocycles. The van der Waals surface area contributed by atoms with Crippen molar-refractivity contribution in [1.82, 2.24) is 0 Å². The van der Waals surface area contributed by atoms with Crippen LogP contribution in [0.25, 0.3) is 0 Å². The van der Waals surface area contributed by atoms with E-state index in [2.05, 4.69) is 13.8 Å². The van der Waals surface area contributed by atoms with E-state index in [1.54, 1.807) is 0 Å². The van der Waals surface area contributed by atoms with Gasteiger partial charge in [0.25, 0.3) is 0 Å². The van der Waals surface area contributed by atoms with Gasteiger partial charge in [-0.3, -0.25) is 4.79 Å². The van der Waals surface area contributed by atoms with Crippen LogP contribution in [0, 0.1) is 0 Å². The van der Waals surface area contributed by atoms with Gasteiger partial charge < -0.3 is 9.84 Å². The van der Waals surface area contributed by atoms with Crippen molar-refractivity contribution in [3.8, 4) is 0 Å². The molecule has 0 unspecified atom stereocenters. The molecule has 1 atom stereocenters. The Morgan fingerprint density at radius 3 is 1.45 bits per heavy atom. The predicted octanol–water partition coefficient (Wildman–Crippen LogP) is 8.90. The molecule has 3 nitrogen and oxygen atoms in total. The number of unbranched alkanes of at least 4 members (excludes halogenated alkanes) is 17. The van der Waals surface area contributed by atoms with Crippen molar-refractivity contribution in [3.05, 3.63) is 0 Å². The summed E-state index contributed by atoms with van der Waals surface area (Å²) in [4.78, 5) is 11.7. The lowest BCUT2D eigenvalue weighted by atomic mass is 10.0. The Labute approximate surface area is 195 Å². The summed E-state index contributed by atoms with van der Waals surface area (Å²) in [5.74, 6) is -0.0232. The smallest absolute Gasteiger partial charge is 0.305 e. The Balaban J connectivity index is 3.25. The lowest BCUT2D eigenvalue weighted by Gasteiger charge is -2.10. The first-order valence-corrected chi connectivity index (χ1v) is 14.0. The van der Waals surface area contributed by atoms with Crippen molar-refractivity contribution in [2.24, 2.45) is 0 Å². The molecule has 0 amide bonds. The van der Waals surface area contributed by atoms with Gasteiger partial charge in [0, 0.05) is 6.42 Å². The average molecular weight is 441 g/mol. The van der Waals surface area contributed by atoms with E-state index in [0.717, 1.165) is 51.4 Å². The van der Waals surface area contributed by atoms with Gasteiger partial charge in [-0.05, 0) is 25.7 Å². The predicted molar refractivity (Wildman–Crippen MR) is 135 cm³/mol. The van der Waals surface area contributed by atoms with Crippen LogP contribution < -0.4 is 0 Å². The standard InChI is InChI=1S/C28H56O3/c1-3-5-7-9-11-12-14-15-19-23-27(29)24-20-17-18-22-26-31-28(30)25-21-16-13-10-8-6-4-2/h27,29H,3-26H2,1-2H3/t27-/m0/s1. The third-order valence-corrected chi connectivity index (χ3v) is 6.32. The summed E-state index contributed by atoms with van der Waals surface area (Å²) in [5.41, 5.74) is 0. The normalized spacial score (nSPS) is 12.2. The molecule has 0 spiro atoms. The molecule has 0 aliphatic rings. The van der Waals surface area contributed by atoms with E-state index < -0.39 is 0 Å². The number of carbonyl (C=O) groups is 1. The average Bonchev–Trinajstić information content (AvgIpc) is 2.76. The van der Waals surface area contributed by atoms with E-state index in [0.29, 0.717) is 13.0 Å². The highest BCUT2D eigenvalue weighted by molar-refractivity contribution is 5.69. The zero-order chi connectivity index (χ0) is 22.8. The Morgan fingerprint density at radius 2 is 0.968 bits per heavy atom. The van der Waals surface area contributed by atoms with E-state index in [1.165, 1.54) is 89.9 Å². The van der Waals surface area contributed by atoms with Gasteiger partial charge in [-0.1, -0.05) is 129 Å². The first-order chi connectivity index (χ1) is 15.2. The van der Waals surface area contributed by atoms with Crippen molar-refractivity contribution in [2.75, 3.05) is 6.61 Å². The van der Waals surface area contributed by atoms with Crippen LogP contribution in [0.1, 0.15) is 162 Å². The first-order valence-electron chi connectivity index (χ1n) is 14.0. The Hall–Kier alpha value is -0.570. The number of carbonyl (C=O) groups excluding carboxylic acids is 1. The largest absolute Gasteiger partial charge is 0.466 e. The molecule has 0 aliphatic heterocycles. The van der Waals surface area contributed by atoms with Crippen molar-refractivity contribution in [1.29, 1.82) is 0 Å². The maximum atomic E-state index is 11.7. The quantitative estimate of drug-likeness (QED) is 0.114. The van der Waals surface area contributed by atoms with E-state index in [9.17, 15) is 9.90 Å². The molecule has 0 heterocycles. The van der Waals surface area contributed by atoms with Crippen LogP contribution in [-0.2, 0) is 9.53 Å². The third-order valence-electron chi connectivity index (χ3n) is 6.32. The molecule has 31 heavy (non-hydrogen) atoms. The fourth-order valence-electron chi connectivity index (χ4n) is 4.16. The van der Waals surface area contributed by atoms with Crippen LogP contribution in [0.5, 0.6) is 0 Å². The van der Waals surface area contributed by atoms with Crippen molar-refractivity contribution in [3.63, 3.8) is 0 Å². The molecule has 0 aliphatic carbocycles. The van der Waals surface area contributed by atoms with Crippen LogP contribution in [-0.4, -0.2) is 23.8 Å². The number of aliphatic hydroxyl groups is 1. The van der Waals surface area contributed by atoms with Gasteiger partial charge in [0.1, 0.15) is 0 Å². The number of esters is 1. The van der Waals surface area contributed by atoms with Crippen molar-refractivity contribution in [2.45, 2.75) is 168 Å². The van der Waals surface area contributed by atoms with Gasteiger partial charge in [-0.15, -0.1) is 0 Å². The van der Waals surface area contributed by atoms with E-state index in [4.69, 9.17) is 4.74 Å². The summed E-state index contributed by atoms with van der Waals surface area (Å²) < 4.78 is 5.34. The highest BCUT2D eigenvalue weighted by Crippen LogP contribution is 2.14. The minimum absolute atomic E-state index is 0.0232. The monoisotopic (exact) mass is 440 g/mol. The maximum Gasteiger partial charge on any atom is 0.305 e. The van der Waals surface area contributed by atoms with Crippen molar-refractivity contribution >= 4 is 5.97 Å². The third kappa shape index (κ3) is 25.6. The van der Waals surface area contributed by atoms with E-state index in [1.807, 2.05) is 0 Å². The number of ether oxygens (including phenoxy) is 1. The highest BCUT2D eigenvalue weighted by atomic mass is 16.5. The number of rotatable bonds is 25. The topological polar surface area (TPSA) is 46.5 Å². The number of hydrogen-bond donors (Lipinski definition) is 1. The summed E-state index contributed by atoms with van der Waals surface area (Å²) in [6.07, 6.45) is 27.3.